The van der Waals surface area contributed by atoms with Gasteiger partial charge in [-0.15, -0.1) is 6.58 Å². The lowest BCUT2D eigenvalue weighted by atomic mass is 10.0. The summed E-state index contributed by atoms with van der Waals surface area (Å²) in [6.07, 6.45) is 6.69. The molecule has 0 bridgehead atoms. The fourth-order valence-electron chi connectivity index (χ4n) is 1.85. The van der Waals surface area contributed by atoms with Crippen molar-refractivity contribution >= 4 is 12.2 Å². The number of phenols is 1. The minimum absolute atomic E-state index is 0.301. The molecule has 2 aromatic rings. The smallest absolute Gasteiger partial charge is 0.122 e. The summed E-state index contributed by atoms with van der Waals surface area (Å²) in [7, 11) is 0. The number of rotatable bonds is 4. The van der Waals surface area contributed by atoms with Crippen LogP contribution in [0.25, 0.3) is 12.2 Å². The van der Waals surface area contributed by atoms with E-state index in [9.17, 15) is 5.11 Å². The predicted octanol–water partition coefficient (Wildman–Crippen LogP) is 4.29. The van der Waals surface area contributed by atoms with Gasteiger partial charge in [-0.2, -0.15) is 0 Å². The zero-order chi connectivity index (χ0) is 12.8. The number of aromatic hydroxyl groups is 1. The summed E-state index contributed by atoms with van der Waals surface area (Å²) >= 11 is 0. The second-order valence-electron chi connectivity index (χ2n) is 4.08. The van der Waals surface area contributed by atoms with Crippen molar-refractivity contribution in [3.63, 3.8) is 0 Å². The van der Waals surface area contributed by atoms with Crippen molar-refractivity contribution in [2.75, 3.05) is 0 Å². The molecule has 18 heavy (non-hydrogen) atoms. The summed E-state index contributed by atoms with van der Waals surface area (Å²) in [6, 6.07) is 15.5. The normalized spacial score (nSPS) is 10.7. The first-order valence-corrected chi connectivity index (χ1v) is 5.96. The van der Waals surface area contributed by atoms with Crippen LogP contribution in [0.15, 0.2) is 61.2 Å². The highest BCUT2D eigenvalue weighted by Gasteiger charge is 1.97. The molecule has 0 amide bonds. The highest BCUT2D eigenvalue weighted by molar-refractivity contribution is 5.73. The third kappa shape index (κ3) is 2.89. The summed E-state index contributed by atoms with van der Waals surface area (Å²) in [5.41, 5.74) is 3.21. The Hall–Kier alpha value is -2.28. The van der Waals surface area contributed by atoms with E-state index in [0.29, 0.717) is 5.75 Å². The monoisotopic (exact) mass is 236 g/mol. The average Bonchev–Trinajstić information content (AvgIpc) is 2.40. The van der Waals surface area contributed by atoms with Crippen LogP contribution in [0, 0.1) is 0 Å². The van der Waals surface area contributed by atoms with E-state index in [4.69, 9.17) is 0 Å². The summed E-state index contributed by atoms with van der Waals surface area (Å²) in [5, 5.41) is 9.69. The predicted molar refractivity (Wildman–Crippen MR) is 77.4 cm³/mol. The van der Waals surface area contributed by atoms with Gasteiger partial charge in [-0.25, -0.2) is 0 Å². The summed E-state index contributed by atoms with van der Waals surface area (Å²) < 4.78 is 0. The van der Waals surface area contributed by atoms with Gasteiger partial charge in [0.1, 0.15) is 5.75 Å². The maximum atomic E-state index is 9.69. The van der Waals surface area contributed by atoms with Gasteiger partial charge in [0, 0.05) is 5.56 Å². The van der Waals surface area contributed by atoms with Crippen LogP contribution in [0.5, 0.6) is 5.75 Å². The number of benzene rings is 2. The molecule has 0 saturated heterocycles. The van der Waals surface area contributed by atoms with E-state index in [1.54, 1.807) is 6.07 Å². The van der Waals surface area contributed by atoms with E-state index in [1.807, 2.05) is 48.6 Å². The number of allylic oxidation sites excluding steroid dienone is 1. The van der Waals surface area contributed by atoms with Gasteiger partial charge in [0.2, 0.25) is 0 Å². The van der Waals surface area contributed by atoms with Crippen molar-refractivity contribution in [2.24, 2.45) is 0 Å². The molecule has 0 aliphatic rings. The van der Waals surface area contributed by atoms with Crippen LogP contribution >= 0.6 is 0 Å². The van der Waals surface area contributed by atoms with Crippen molar-refractivity contribution < 1.29 is 5.11 Å². The molecule has 0 aromatic heterocycles. The van der Waals surface area contributed by atoms with Crippen LogP contribution in [0.1, 0.15) is 16.7 Å². The fraction of sp³-hybridized carbons (Fsp3) is 0.0588. The van der Waals surface area contributed by atoms with Crippen molar-refractivity contribution in [3.8, 4) is 5.75 Å². The Balaban J connectivity index is 2.29. The zero-order valence-corrected chi connectivity index (χ0v) is 10.2. The second-order valence-corrected chi connectivity index (χ2v) is 4.08. The highest BCUT2D eigenvalue weighted by Crippen LogP contribution is 2.20. The topological polar surface area (TPSA) is 20.2 Å². The molecule has 0 spiro atoms. The summed E-state index contributed by atoms with van der Waals surface area (Å²) in [6.45, 7) is 3.77. The van der Waals surface area contributed by atoms with Crippen LogP contribution in [-0.4, -0.2) is 5.11 Å². The first-order valence-electron chi connectivity index (χ1n) is 5.96. The van der Waals surface area contributed by atoms with Crippen LogP contribution < -0.4 is 0 Å². The fourth-order valence-corrected chi connectivity index (χ4v) is 1.85. The molecule has 2 aromatic carbocycles. The van der Waals surface area contributed by atoms with E-state index in [0.717, 1.165) is 17.5 Å². The Morgan fingerprint density at radius 1 is 0.889 bits per heavy atom. The number of para-hydroxylation sites is 1. The van der Waals surface area contributed by atoms with Crippen LogP contribution in [-0.2, 0) is 6.42 Å². The first-order chi connectivity index (χ1) is 8.81. The van der Waals surface area contributed by atoms with E-state index < -0.39 is 0 Å². The van der Waals surface area contributed by atoms with Crippen LogP contribution in [0.4, 0.5) is 0 Å². The molecule has 0 aliphatic carbocycles. The lowest BCUT2D eigenvalue weighted by molar-refractivity contribution is 0.474. The van der Waals surface area contributed by atoms with Crippen LogP contribution in [0.2, 0.25) is 0 Å². The Labute approximate surface area is 108 Å². The molecule has 0 heterocycles. The first kappa shape index (κ1) is 12.2. The second kappa shape index (κ2) is 5.87. The largest absolute Gasteiger partial charge is 0.507 e. The molecular formula is C17H16O. The Morgan fingerprint density at radius 2 is 1.50 bits per heavy atom. The SMILES string of the molecule is C=CCc1ccccc1/C=C/c1ccccc1O. The quantitative estimate of drug-likeness (QED) is 0.620. The third-order valence-corrected chi connectivity index (χ3v) is 2.80. The number of phenolic OH excluding ortho intramolecular Hbond substituents is 1. The van der Waals surface area contributed by atoms with Gasteiger partial charge >= 0.3 is 0 Å². The van der Waals surface area contributed by atoms with Gasteiger partial charge in [-0.05, 0) is 23.6 Å². The van der Waals surface area contributed by atoms with Gasteiger partial charge in [0.25, 0.3) is 0 Å². The molecule has 1 N–H and O–H groups in total. The van der Waals surface area contributed by atoms with Crippen molar-refractivity contribution in [3.05, 3.63) is 77.9 Å². The molecule has 2 rings (SSSR count). The molecule has 0 saturated carbocycles. The Kier molecular flexibility index (Phi) is 3.98. The summed E-state index contributed by atoms with van der Waals surface area (Å²) in [4.78, 5) is 0. The lowest BCUT2D eigenvalue weighted by Gasteiger charge is -2.03. The van der Waals surface area contributed by atoms with Gasteiger partial charge < -0.3 is 5.11 Å². The van der Waals surface area contributed by atoms with Crippen LogP contribution in [0.3, 0.4) is 0 Å². The highest BCUT2D eigenvalue weighted by atomic mass is 16.3. The standard InChI is InChI=1S/C17H16O/c1-2-7-14-8-3-4-9-15(14)12-13-16-10-5-6-11-17(16)18/h2-6,8-13,18H,1,7H2/b13-12+. The van der Waals surface area contributed by atoms with E-state index in [-0.39, 0.29) is 0 Å². The van der Waals surface area contributed by atoms with Crippen molar-refractivity contribution in [1.29, 1.82) is 0 Å². The number of hydrogen-bond donors (Lipinski definition) is 1. The van der Waals surface area contributed by atoms with Gasteiger partial charge in [0.15, 0.2) is 0 Å². The molecule has 0 radical (unpaired) electrons. The van der Waals surface area contributed by atoms with Crippen molar-refractivity contribution in [1.82, 2.24) is 0 Å². The molecular weight excluding hydrogens is 220 g/mol. The minimum Gasteiger partial charge on any atom is -0.507 e. The maximum absolute atomic E-state index is 9.69. The Morgan fingerprint density at radius 3 is 2.22 bits per heavy atom. The van der Waals surface area contributed by atoms with E-state index >= 15 is 0 Å². The molecule has 0 unspecified atom stereocenters. The van der Waals surface area contributed by atoms with Gasteiger partial charge in [-0.1, -0.05) is 60.7 Å². The molecule has 0 aliphatic heterocycles. The molecule has 0 fully saturated rings. The molecule has 90 valence electrons. The molecule has 1 nitrogen and oxygen atoms in total. The third-order valence-electron chi connectivity index (χ3n) is 2.80. The van der Waals surface area contributed by atoms with Gasteiger partial charge in [-0.3, -0.25) is 0 Å². The van der Waals surface area contributed by atoms with Gasteiger partial charge in [0.05, 0.1) is 0 Å². The van der Waals surface area contributed by atoms with E-state index in [2.05, 4.69) is 18.7 Å². The van der Waals surface area contributed by atoms with E-state index in [1.165, 1.54) is 5.56 Å². The summed E-state index contributed by atoms with van der Waals surface area (Å²) in [5.74, 6) is 0.301. The maximum Gasteiger partial charge on any atom is 0.122 e. The number of hydrogen-bond acceptors (Lipinski definition) is 1. The average molecular weight is 236 g/mol. The minimum atomic E-state index is 0.301. The lowest BCUT2D eigenvalue weighted by Crippen LogP contribution is -1.85. The molecule has 0 atom stereocenters. The molecule has 1 heteroatoms. The van der Waals surface area contributed by atoms with Crippen molar-refractivity contribution in [2.45, 2.75) is 6.42 Å². The Bertz CT molecular complexity index is 567. The zero-order valence-electron chi connectivity index (χ0n) is 10.2.